The molecule has 3 nitrogen and oxygen atoms in total. The van der Waals surface area contributed by atoms with E-state index in [0.29, 0.717) is 11.3 Å². The molecule has 0 radical (unpaired) electrons. The molecule has 0 spiro atoms. The maximum atomic E-state index is 12.8. The zero-order valence-corrected chi connectivity index (χ0v) is 11.1. The van der Waals surface area contributed by atoms with Gasteiger partial charge in [-0.15, -0.1) is 0 Å². The molecule has 0 atom stereocenters. The molecule has 2 aromatic carbocycles. The number of rotatable bonds is 4. The summed E-state index contributed by atoms with van der Waals surface area (Å²) in [7, 11) is 1.45. The fourth-order valence-electron chi connectivity index (χ4n) is 1.77. The quantitative estimate of drug-likeness (QED) is 0.927. The second kappa shape index (κ2) is 5.95. The molecule has 0 saturated heterocycles. The number of methoxy groups -OCH3 is 1. The lowest BCUT2D eigenvalue weighted by molar-refractivity contribution is -0.139. The summed E-state index contributed by atoms with van der Waals surface area (Å²) in [5, 5.41) is 9.75. The molecule has 0 heterocycles. The van der Waals surface area contributed by atoms with Gasteiger partial charge in [0.05, 0.1) is 12.7 Å². The Morgan fingerprint density at radius 2 is 1.81 bits per heavy atom. The number of benzene rings is 2. The number of hydrogen-bond donors (Lipinski definition) is 1. The number of hydrogen-bond acceptors (Lipinski definition) is 3. The fraction of sp³-hybridized carbons (Fsp3) is 0.200. The molecule has 1 N–H and O–H groups in total. The first kappa shape index (κ1) is 15.0. The van der Waals surface area contributed by atoms with E-state index in [1.54, 1.807) is 6.07 Å². The number of aromatic hydroxyl groups is 1. The van der Waals surface area contributed by atoms with E-state index >= 15 is 0 Å². The van der Waals surface area contributed by atoms with Crippen LogP contribution in [-0.4, -0.2) is 12.2 Å². The molecule has 0 saturated carbocycles. The fourth-order valence-corrected chi connectivity index (χ4v) is 1.77. The Balaban J connectivity index is 2.17. The molecule has 0 aromatic heterocycles. The van der Waals surface area contributed by atoms with Crippen molar-refractivity contribution in [1.29, 1.82) is 0 Å². The third-order valence-corrected chi connectivity index (χ3v) is 2.87. The van der Waals surface area contributed by atoms with Gasteiger partial charge in [0.1, 0.15) is 23.9 Å². The van der Waals surface area contributed by atoms with E-state index in [0.717, 1.165) is 6.07 Å². The molecule has 0 fully saturated rings. The number of halogens is 3. The molecule has 0 aliphatic carbocycles. The summed E-state index contributed by atoms with van der Waals surface area (Å²) in [6.45, 7) is -0.178. The van der Waals surface area contributed by atoms with E-state index in [1.807, 2.05) is 0 Å². The van der Waals surface area contributed by atoms with Crippen molar-refractivity contribution < 1.29 is 27.8 Å². The standard InChI is InChI=1S/C15H13F3O3/c1-20-11-7-6-10(13(19)8-11)9-21-14-5-3-2-4-12(14)15(16,17)18/h2-8,19H,9H2,1H3. The molecule has 0 unspecified atom stereocenters. The van der Waals surface area contributed by atoms with Gasteiger partial charge < -0.3 is 14.6 Å². The summed E-state index contributed by atoms with van der Waals surface area (Å²) < 4.78 is 48.5. The molecule has 0 amide bonds. The van der Waals surface area contributed by atoms with Crippen molar-refractivity contribution in [2.75, 3.05) is 7.11 Å². The minimum absolute atomic E-state index is 0.0983. The molecule has 0 bridgehead atoms. The van der Waals surface area contributed by atoms with E-state index in [1.165, 1.54) is 37.4 Å². The average molecular weight is 298 g/mol. The van der Waals surface area contributed by atoms with Gasteiger partial charge in [-0.25, -0.2) is 0 Å². The van der Waals surface area contributed by atoms with Crippen LogP contribution in [0, 0.1) is 0 Å². The summed E-state index contributed by atoms with van der Waals surface area (Å²) >= 11 is 0. The van der Waals surface area contributed by atoms with Crippen LogP contribution >= 0.6 is 0 Å². The molecule has 0 aliphatic heterocycles. The molecule has 0 aliphatic rings. The Kier molecular flexibility index (Phi) is 4.26. The van der Waals surface area contributed by atoms with Gasteiger partial charge in [-0.3, -0.25) is 0 Å². The van der Waals surface area contributed by atoms with Crippen LogP contribution in [0.1, 0.15) is 11.1 Å². The minimum Gasteiger partial charge on any atom is -0.507 e. The Hall–Kier alpha value is -2.37. The third kappa shape index (κ3) is 3.59. The predicted molar refractivity (Wildman–Crippen MR) is 70.4 cm³/mol. The van der Waals surface area contributed by atoms with E-state index in [9.17, 15) is 18.3 Å². The maximum Gasteiger partial charge on any atom is 0.419 e. The first-order valence-electron chi connectivity index (χ1n) is 6.06. The highest BCUT2D eigenvalue weighted by Gasteiger charge is 2.34. The topological polar surface area (TPSA) is 38.7 Å². The van der Waals surface area contributed by atoms with Crippen LogP contribution in [0.5, 0.6) is 17.2 Å². The van der Waals surface area contributed by atoms with E-state index in [4.69, 9.17) is 9.47 Å². The van der Waals surface area contributed by atoms with Gasteiger partial charge in [-0.05, 0) is 24.3 Å². The summed E-state index contributed by atoms with van der Waals surface area (Å²) in [6.07, 6.45) is -4.49. The van der Waals surface area contributed by atoms with Crippen molar-refractivity contribution in [2.24, 2.45) is 0 Å². The molecule has 2 rings (SSSR count). The van der Waals surface area contributed by atoms with Crippen LogP contribution in [-0.2, 0) is 12.8 Å². The van der Waals surface area contributed by atoms with Crippen molar-refractivity contribution in [3.05, 3.63) is 53.6 Å². The molecular weight excluding hydrogens is 285 g/mol. The second-order valence-corrected chi connectivity index (χ2v) is 4.28. The van der Waals surface area contributed by atoms with Gasteiger partial charge in [0, 0.05) is 11.6 Å². The largest absolute Gasteiger partial charge is 0.507 e. The highest BCUT2D eigenvalue weighted by Crippen LogP contribution is 2.36. The van der Waals surface area contributed by atoms with Crippen molar-refractivity contribution >= 4 is 0 Å². The second-order valence-electron chi connectivity index (χ2n) is 4.28. The van der Waals surface area contributed by atoms with Crippen molar-refractivity contribution in [1.82, 2.24) is 0 Å². The van der Waals surface area contributed by atoms with E-state index in [2.05, 4.69) is 0 Å². The van der Waals surface area contributed by atoms with Gasteiger partial charge in [0.25, 0.3) is 0 Å². The highest BCUT2D eigenvalue weighted by molar-refractivity contribution is 5.40. The lowest BCUT2D eigenvalue weighted by atomic mass is 10.2. The van der Waals surface area contributed by atoms with Crippen LogP contribution < -0.4 is 9.47 Å². The molecule has 2 aromatic rings. The normalized spacial score (nSPS) is 11.2. The highest BCUT2D eigenvalue weighted by atomic mass is 19.4. The number of ether oxygens (including phenoxy) is 2. The number of alkyl halides is 3. The number of phenolic OH excluding ortho intramolecular Hbond substituents is 1. The van der Waals surface area contributed by atoms with Crippen LogP contribution in [0.2, 0.25) is 0 Å². The van der Waals surface area contributed by atoms with Gasteiger partial charge in [-0.1, -0.05) is 12.1 Å². The third-order valence-electron chi connectivity index (χ3n) is 2.87. The van der Waals surface area contributed by atoms with Crippen molar-refractivity contribution in [3.8, 4) is 17.2 Å². The van der Waals surface area contributed by atoms with E-state index < -0.39 is 11.7 Å². The van der Waals surface area contributed by atoms with Crippen molar-refractivity contribution in [2.45, 2.75) is 12.8 Å². The Morgan fingerprint density at radius 1 is 1.10 bits per heavy atom. The Labute approximate surface area is 119 Å². The van der Waals surface area contributed by atoms with E-state index in [-0.39, 0.29) is 18.1 Å². The molecule has 112 valence electrons. The summed E-state index contributed by atoms with van der Waals surface area (Å²) in [6, 6.07) is 9.43. The number of para-hydroxylation sites is 1. The first-order valence-corrected chi connectivity index (χ1v) is 6.06. The van der Waals surface area contributed by atoms with Crippen molar-refractivity contribution in [3.63, 3.8) is 0 Å². The zero-order valence-electron chi connectivity index (χ0n) is 11.1. The number of phenols is 1. The lowest BCUT2D eigenvalue weighted by Gasteiger charge is -2.14. The Bertz CT molecular complexity index is 624. The Morgan fingerprint density at radius 3 is 2.43 bits per heavy atom. The maximum absolute atomic E-state index is 12.8. The first-order chi connectivity index (χ1) is 9.91. The van der Waals surface area contributed by atoms with Gasteiger partial charge in [-0.2, -0.15) is 13.2 Å². The van der Waals surface area contributed by atoms with Crippen LogP contribution in [0.4, 0.5) is 13.2 Å². The minimum atomic E-state index is -4.49. The molecule has 6 heteroatoms. The van der Waals surface area contributed by atoms with Gasteiger partial charge in [0.15, 0.2) is 0 Å². The van der Waals surface area contributed by atoms with Crippen LogP contribution in [0.25, 0.3) is 0 Å². The molecule has 21 heavy (non-hydrogen) atoms. The monoisotopic (exact) mass is 298 g/mol. The summed E-state index contributed by atoms with van der Waals surface area (Å²) in [5.41, 5.74) is -0.481. The predicted octanol–water partition coefficient (Wildman–Crippen LogP) is 4.00. The van der Waals surface area contributed by atoms with Gasteiger partial charge in [0.2, 0.25) is 0 Å². The smallest absolute Gasteiger partial charge is 0.419 e. The van der Waals surface area contributed by atoms with Gasteiger partial charge >= 0.3 is 6.18 Å². The SMILES string of the molecule is COc1ccc(COc2ccccc2C(F)(F)F)c(O)c1. The van der Waals surface area contributed by atoms with Crippen LogP contribution in [0.3, 0.4) is 0 Å². The summed E-state index contributed by atoms with van der Waals surface area (Å²) in [5.74, 6) is 0.0750. The zero-order chi connectivity index (χ0) is 15.5. The van der Waals surface area contributed by atoms with Crippen LogP contribution in [0.15, 0.2) is 42.5 Å². The summed E-state index contributed by atoms with van der Waals surface area (Å²) in [4.78, 5) is 0. The lowest BCUT2D eigenvalue weighted by Crippen LogP contribution is -2.08. The average Bonchev–Trinajstić information content (AvgIpc) is 2.45. The molecular formula is C15H13F3O3.